The molecule has 0 atom stereocenters. The molecule has 0 bridgehead atoms. The van der Waals surface area contributed by atoms with E-state index < -0.39 is 0 Å². The fourth-order valence-electron chi connectivity index (χ4n) is 2.59. The van der Waals surface area contributed by atoms with Gasteiger partial charge < -0.3 is 25.3 Å². The first-order chi connectivity index (χ1) is 12.7. The second kappa shape index (κ2) is 8.59. The molecule has 4 aromatic rings. The van der Waals surface area contributed by atoms with E-state index in [1.54, 1.807) is 12.4 Å². The minimum atomic E-state index is 0. The average Bonchev–Trinajstić information content (AvgIpc) is 2.69. The van der Waals surface area contributed by atoms with E-state index in [1.165, 1.54) is 0 Å². The van der Waals surface area contributed by atoms with Crippen molar-refractivity contribution in [3.8, 4) is 34.2 Å². The van der Waals surface area contributed by atoms with Crippen LogP contribution in [-0.2, 0) is 45.7 Å². The molecule has 27 heavy (non-hydrogen) atoms. The first kappa shape index (κ1) is 19.5. The first-order valence-corrected chi connectivity index (χ1v) is 8.73. The zero-order valence-corrected chi connectivity index (χ0v) is 17.0. The molecule has 0 unspecified atom stereocenters. The Morgan fingerprint density at radius 3 is 1.37 bits per heavy atom. The number of hydrogen-bond donors (Lipinski definition) is 0. The fourth-order valence-corrected chi connectivity index (χ4v) is 3.09. The van der Waals surface area contributed by atoms with E-state index in [0.29, 0.717) is 11.6 Å². The van der Waals surface area contributed by atoms with E-state index in [-0.39, 0.29) is 20.4 Å². The van der Waals surface area contributed by atoms with Crippen LogP contribution in [0.5, 0.6) is 0 Å². The molecule has 0 amide bonds. The summed E-state index contributed by atoms with van der Waals surface area (Å²) in [6, 6.07) is 19.0. The maximum absolute atomic E-state index is 5.39. The molecule has 0 aliphatic heterocycles. The van der Waals surface area contributed by atoms with Gasteiger partial charge >= 0.3 is 20.4 Å². The fraction of sp³-hybridized carbons (Fsp3) is 0. The first-order valence-electron chi connectivity index (χ1n) is 7.92. The van der Waals surface area contributed by atoms with Crippen LogP contribution < -0.4 is 0 Å². The van der Waals surface area contributed by atoms with Gasteiger partial charge in [0.2, 0.25) is 0 Å². The summed E-state index contributed by atoms with van der Waals surface area (Å²) in [5, 5.41) is 0. The molecule has 0 saturated heterocycles. The van der Waals surface area contributed by atoms with Gasteiger partial charge in [-0.3, -0.25) is 0 Å². The Hall–Kier alpha value is -2.30. The molecule has 7 heteroatoms. The van der Waals surface area contributed by atoms with Crippen molar-refractivity contribution in [1.29, 1.82) is 0 Å². The summed E-state index contributed by atoms with van der Waals surface area (Å²) in [6.45, 7) is 0. The van der Waals surface area contributed by atoms with Crippen LogP contribution in [0.4, 0.5) is 0 Å². The molecule has 2 aromatic heterocycles. The zero-order valence-electron chi connectivity index (χ0n) is 13.8. The van der Waals surface area contributed by atoms with E-state index >= 15 is 0 Å². The predicted octanol–water partition coefficient (Wildman–Crippen LogP) is 4.08. The number of aromatic nitrogens is 4. The van der Waals surface area contributed by atoms with Crippen molar-refractivity contribution in [1.82, 2.24) is 19.9 Å². The Balaban J connectivity index is 0.00000210. The Labute approximate surface area is 182 Å². The molecule has 134 valence electrons. The van der Waals surface area contributed by atoms with Gasteiger partial charge in [0.1, 0.15) is 0 Å². The molecular weight excluding hydrogens is 467 g/mol. The molecule has 0 fully saturated rings. The summed E-state index contributed by atoms with van der Waals surface area (Å²) in [5.41, 5.74) is 3.27. The third-order valence-corrected chi connectivity index (χ3v) is 4.55. The van der Waals surface area contributed by atoms with Gasteiger partial charge in [-0.15, -0.1) is 0 Å². The van der Waals surface area contributed by atoms with Crippen molar-refractivity contribution in [2.24, 2.45) is 0 Å². The van der Waals surface area contributed by atoms with Gasteiger partial charge in [-0.2, -0.15) is 9.79 Å². The maximum atomic E-state index is 5.39. The minimum Gasteiger partial charge on any atom is -0.779 e. The molecule has 4 nitrogen and oxygen atoms in total. The largest absolute Gasteiger partial charge is 2.00 e. The van der Waals surface area contributed by atoms with Crippen LogP contribution in [-0.4, -0.2) is 19.9 Å². The van der Waals surface area contributed by atoms with Gasteiger partial charge in [0.15, 0.2) is 11.6 Å². The van der Waals surface area contributed by atoms with Crippen LogP contribution >= 0.6 is 0 Å². The van der Waals surface area contributed by atoms with E-state index in [9.17, 15) is 0 Å². The maximum Gasteiger partial charge on any atom is 2.00 e. The van der Waals surface area contributed by atoms with Gasteiger partial charge in [-0.25, -0.2) is 19.9 Å². The van der Waals surface area contributed by atoms with Crippen molar-refractivity contribution in [2.75, 3.05) is 0 Å². The summed E-state index contributed by atoms with van der Waals surface area (Å²) in [6.07, 6.45) is 3.38. The molecule has 0 radical (unpaired) electrons. The van der Waals surface area contributed by atoms with Crippen LogP contribution in [0, 0.1) is 0 Å². The van der Waals surface area contributed by atoms with Gasteiger partial charge in [-0.1, -0.05) is 48.5 Å². The molecular formula is C20H12N4PdS2. The van der Waals surface area contributed by atoms with Crippen molar-refractivity contribution < 1.29 is 20.4 Å². The molecule has 0 aliphatic carbocycles. The molecule has 0 spiro atoms. The van der Waals surface area contributed by atoms with E-state index in [2.05, 4.69) is 19.9 Å². The molecule has 0 N–H and O–H groups in total. The molecule has 4 rings (SSSR count). The number of hydrogen-bond acceptors (Lipinski definition) is 6. The second-order valence-electron chi connectivity index (χ2n) is 5.52. The predicted molar refractivity (Wildman–Crippen MR) is 105 cm³/mol. The van der Waals surface area contributed by atoms with Crippen LogP contribution in [0.3, 0.4) is 0 Å². The van der Waals surface area contributed by atoms with Gasteiger partial charge in [-0.05, 0) is 23.3 Å². The van der Waals surface area contributed by atoms with E-state index in [0.717, 1.165) is 32.3 Å². The van der Waals surface area contributed by atoms with Crippen molar-refractivity contribution >= 4 is 25.3 Å². The Bertz CT molecular complexity index is 1000. The molecule has 2 heterocycles. The molecule has 0 aliphatic rings. The summed E-state index contributed by atoms with van der Waals surface area (Å²) in [7, 11) is 0. The minimum absolute atomic E-state index is 0. The van der Waals surface area contributed by atoms with Crippen molar-refractivity contribution in [3.63, 3.8) is 0 Å². The molecule has 2 aromatic carbocycles. The average molecular weight is 479 g/mol. The van der Waals surface area contributed by atoms with Crippen LogP contribution in [0.25, 0.3) is 34.2 Å². The van der Waals surface area contributed by atoms with E-state index in [1.807, 2.05) is 60.7 Å². The summed E-state index contributed by atoms with van der Waals surface area (Å²) in [4.78, 5) is 19.3. The molecule has 0 saturated carbocycles. The standard InChI is InChI=1S/C20H14N4S2.Pd/c25-17-7-3-1-5-13(17)15-9-11-21-19(23-15)20-22-12-10-16(24-20)14-6-2-4-8-18(14)26;/h1-12,25-26H;/q;+2/p-2. The second-order valence-corrected chi connectivity index (χ2v) is 6.40. The summed E-state index contributed by atoms with van der Waals surface area (Å²) >= 11 is 10.8. The van der Waals surface area contributed by atoms with Crippen molar-refractivity contribution in [2.45, 2.75) is 9.79 Å². The van der Waals surface area contributed by atoms with Crippen molar-refractivity contribution in [3.05, 3.63) is 73.1 Å². The number of nitrogens with zero attached hydrogens (tertiary/aromatic N) is 4. The third kappa shape index (κ3) is 4.18. The smallest absolute Gasteiger partial charge is 0.779 e. The van der Waals surface area contributed by atoms with Gasteiger partial charge in [0.05, 0.1) is 11.4 Å². The SMILES string of the molecule is [Pd+2].[S-]c1ccccc1-c1ccnc(-c2nccc(-c3ccccc3[S-])n2)n1. The summed E-state index contributed by atoms with van der Waals surface area (Å²) in [5.74, 6) is 0.897. The Kier molecular flexibility index (Phi) is 6.20. The van der Waals surface area contributed by atoms with Crippen LogP contribution in [0.1, 0.15) is 0 Å². The van der Waals surface area contributed by atoms with Gasteiger partial charge in [0, 0.05) is 12.4 Å². The quantitative estimate of drug-likeness (QED) is 0.327. The Morgan fingerprint density at radius 1 is 0.556 bits per heavy atom. The normalized spacial score (nSPS) is 10.2. The number of benzene rings is 2. The Morgan fingerprint density at radius 2 is 0.963 bits per heavy atom. The van der Waals surface area contributed by atoms with Crippen LogP contribution in [0.15, 0.2) is 82.8 Å². The zero-order chi connectivity index (χ0) is 17.9. The number of rotatable bonds is 3. The van der Waals surface area contributed by atoms with Gasteiger partial charge in [0.25, 0.3) is 0 Å². The third-order valence-electron chi connectivity index (χ3n) is 3.84. The monoisotopic (exact) mass is 478 g/mol. The topological polar surface area (TPSA) is 51.6 Å². The van der Waals surface area contributed by atoms with Crippen LogP contribution in [0.2, 0.25) is 0 Å². The summed E-state index contributed by atoms with van der Waals surface area (Å²) < 4.78 is 0. The van der Waals surface area contributed by atoms with E-state index in [4.69, 9.17) is 25.3 Å².